The summed E-state index contributed by atoms with van der Waals surface area (Å²) in [5.74, 6) is 7.27. The molecule has 0 fully saturated rings. The average Bonchev–Trinajstić information content (AvgIpc) is 3.17. The lowest BCUT2D eigenvalue weighted by atomic mass is 9.92. The zero-order valence-electron chi connectivity index (χ0n) is 14.8. The summed E-state index contributed by atoms with van der Waals surface area (Å²) in [6.45, 7) is 11.4. The quantitative estimate of drug-likeness (QED) is 0.302. The Bertz CT molecular complexity index is 746. The number of aromatic nitrogens is 1. The smallest absolute Gasteiger partial charge is 0.407 e. The molecule has 0 aromatic carbocycles. The maximum atomic E-state index is 10.7. The highest BCUT2D eigenvalue weighted by Gasteiger charge is 2.22. The lowest BCUT2D eigenvalue weighted by molar-refractivity contribution is -0.620. The molecule has 0 aliphatic heterocycles. The molecular formula is C16H25N6O2S+. The van der Waals surface area contributed by atoms with Gasteiger partial charge in [-0.3, -0.25) is 0 Å². The number of urea groups is 1. The molecule has 8 nitrogen and oxygen atoms in total. The van der Waals surface area contributed by atoms with Crippen LogP contribution in [0.15, 0.2) is 21.9 Å². The van der Waals surface area contributed by atoms with E-state index in [-0.39, 0.29) is 12.0 Å². The van der Waals surface area contributed by atoms with Crippen molar-refractivity contribution in [2.45, 2.75) is 33.7 Å². The molecule has 136 valence electrons. The lowest BCUT2D eigenvalue weighted by Crippen LogP contribution is -2.39. The number of carbonyl (C=O) groups is 1. The number of nitrogens with zero attached hydrogens (tertiary/aromatic N) is 3. The van der Waals surface area contributed by atoms with Gasteiger partial charge in [-0.2, -0.15) is 5.12 Å². The summed E-state index contributed by atoms with van der Waals surface area (Å²) in [7, 11) is 0. The first kappa shape index (κ1) is 18.9. The molecule has 0 aliphatic rings. The Morgan fingerprint density at radius 3 is 2.84 bits per heavy atom. The van der Waals surface area contributed by atoms with Gasteiger partial charge in [-0.25, -0.2) is 10.6 Å². The van der Waals surface area contributed by atoms with Crippen molar-refractivity contribution in [3.8, 4) is 11.5 Å². The van der Waals surface area contributed by atoms with Crippen LogP contribution in [-0.2, 0) is 6.54 Å². The zero-order valence-corrected chi connectivity index (χ0v) is 15.6. The van der Waals surface area contributed by atoms with E-state index in [0.717, 1.165) is 6.42 Å². The van der Waals surface area contributed by atoms with Crippen LogP contribution in [0.25, 0.3) is 11.5 Å². The van der Waals surface area contributed by atoms with E-state index in [1.165, 1.54) is 11.3 Å². The molecule has 2 rings (SSSR count). The van der Waals surface area contributed by atoms with Gasteiger partial charge in [0.2, 0.25) is 5.69 Å². The van der Waals surface area contributed by atoms with Crippen molar-refractivity contribution in [1.29, 1.82) is 0 Å². The maximum absolute atomic E-state index is 10.7. The summed E-state index contributed by atoms with van der Waals surface area (Å²) in [6.07, 6.45) is 0.933. The third kappa shape index (κ3) is 5.57. The van der Waals surface area contributed by atoms with Crippen LogP contribution in [0.5, 0.6) is 0 Å². The summed E-state index contributed by atoms with van der Waals surface area (Å²) >= 11 is 1.42. The van der Waals surface area contributed by atoms with E-state index < -0.39 is 6.03 Å². The predicted molar refractivity (Wildman–Crippen MR) is 98.2 cm³/mol. The van der Waals surface area contributed by atoms with Crippen molar-refractivity contribution in [3.63, 3.8) is 0 Å². The Balaban J connectivity index is 2.01. The molecule has 2 aromatic heterocycles. The third-order valence-electron chi connectivity index (χ3n) is 3.46. The van der Waals surface area contributed by atoms with Crippen molar-refractivity contribution < 1.29 is 13.9 Å². The van der Waals surface area contributed by atoms with Crippen molar-refractivity contribution in [1.82, 2.24) is 15.4 Å². The number of nitrogens with one attached hydrogen (secondary N) is 1. The fraction of sp³-hybridized carbons (Fsp3) is 0.438. The van der Waals surface area contributed by atoms with E-state index >= 15 is 0 Å². The maximum Gasteiger partial charge on any atom is 0.407 e. The number of hydrogen-bond acceptors (Lipinski definition) is 6. The van der Waals surface area contributed by atoms with E-state index in [9.17, 15) is 4.79 Å². The number of furan rings is 1. The van der Waals surface area contributed by atoms with E-state index in [4.69, 9.17) is 16.0 Å². The molecular weight excluding hydrogens is 340 g/mol. The first-order valence-electron chi connectivity index (χ1n) is 7.86. The molecule has 0 unspecified atom stereocenters. The molecule has 25 heavy (non-hydrogen) atoms. The van der Waals surface area contributed by atoms with Gasteiger partial charge in [0.05, 0.1) is 25.2 Å². The minimum absolute atomic E-state index is 0.190. The minimum Gasteiger partial charge on any atom is -0.455 e. The van der Waals surface area contributed by atoms with Crippen LogP contribution >= 0.6 is 11.3 Å². The van der Waals surface area contributed by atoms with Gasteiger partial charge in [-0.15, -0.1) is 4.68 Å². The van der Waals surface area contributed by atoms with Gasteiger partial charge in [-0.1, -0.05) is 20.8 Å². The van der Waals surface area contributed by atoms with Gasteiger partial charge in [0.25, 0.3) is 0 Å². The second kappa shape index (κ2) is 7.66. The number of thiazole rings is 1. The van der Waals surface area contributed by atoms with Gasteiger partial charge in [-0.05, 0) is 40.3 Å². The molecule has 0 aliphatic carbocycles. The fourth-order valence-corrected chi connectivity index (χ4v) is 2.72. The monoisotopic (exact) mass is 365 g/mol. The Hall–Kier alpha value is -2.39. The van der Waals surface area contributed by atoms with E-state index in [0.29, 0.717) is 28.9 Å². The van der Waals surface area contributed by atoms with Crippen LogP contribution < -0.4 is 16.9 Å². The largest absolute Gasteiger partial charge is 0.455 e. The molecule has 2 aromatic rings. The number of nitrogens with two attached hydrogens (primary N) is 2. The Morgan fingerprint density at radius 1 is 1.48 bits per heavy atom. The molecule has 5 N–H and O–H groups in total. The first-order valence-corrected chi connectivity index (χ1v) is 8.74. The van der Waals surface area contributed by atoms with Crippen molar-refractivity contribution in [3.05, 3.63) is 23.3 Å². The van der Waals surface area contributed by atoms with E-state index in [1.807, 2.05) is 5.38 Å². The first-order chi connectivity index (χ1) is 11.7. The lowest BCUT2D eigenvalue weighted by Gasteiger charge is -2.22. The highest BCUT2D eigenvalue weighted by atomic mass is 32.1. The van der Waals surface area contributed by atoms with Gasteiger partial charge in [0, 0.05) is 0 Å². The van der Waals surface area contributed by atoms with Crippen LogP contribution in [0.4, 0.5) is 9.93 Å². The van der Waals surface area contributed by atoms with Crippen LogP contribution in [0.1, 0.15) is 33.0 Å². The van der Waals surface area contributed by atoms with Gasteiger partial charge < -0.3 is 15.5 Å². The van der Waals surface area contributed by atoms with E-state index in [1.54, 1.807) is 21.9 Å². The van der Waals surface area contributed by atoms with E-state index in [2.05, 4.69) is 37.8 Å². The molecule has 2 amide bonds. The molecule has 2 heterocycles. The summed E-state index contributed by atoms with van der Waals surface area (Å²) in [5.41, 5.74) is 5.92. The predicted octanol–water partition coefficient (Wildman–Crippen LogP) is 2.44. The highest BCUT2D eigenvalue weighted by molar-refractivity contribution is 7.13. The topological polar surface area (TPSA) is 113 Å². The number of rotatable bonds is 7. The third-order valence-corrected chi connectivity index (χ3v) is 4.32. The number of primary amides is 1. The molecule has 0 radical (unpaired) electrons. The molecule has 0 atom stereocenters. The van der Waals surface area contributed by atoms with Crippen LogP contribution in [0.2, 0.25) is 0 Å². The number of hydrazine groups is 2. The average molecular weight is 365 g/mol. The van der Waals surface area contributed by atoms with Crippen LogP contribution in [0, 0.1) is 5.41 Å². The van der Waals surface area contributed by atoms with Crippen molar-refractivity contribution in [2.24, 2.45) is 17.0 Å². The molecule has 9 heteroatoms. The van der Waals surface area contributed by atoms with Crippen LogP contribution in [0.3, 0.4) is 0 Å². The molecule has 0 saturated carbocycles. The fourth-order valence-electron chi connectivity index (χ4n) is 1.96. The second-order valence-electron chi connectivity index (χ2n) is 6.87. The minimum atomic E-state index is -0.597. The van der Waals surface area contributed by atoms with Crippen molar-refractivity contribution in [2.75, 3.05) is 6.54 Å². The summed E-state index contributed by atoms with van der Waals surface area (Å²) in [6, 6.07) is 2.97. The van der Waals surface area contributed by atoms with Gasteiger partial charge in [0.1, 0.15) is 5.76 Å². The Labute approximate surface area is 151 Å². The molecule has 0 saturated heterocycles. The van der Waals surface area contributed by atoms with Gasteiger partial charge in [0.15, 0.2) is 5.76 Å². The number of carbonyl (C=O) groups excluding carboxylic acids is 1. The number of amides is 2. The zero-order chi connectivity index (χ0) is 18.6. The Kier molecular flexibility index (Phi) is 5.81. The standard InChI is InChI=1S/C16H24N6O2S/c1-16(2,3)7-8-22(18)21(4)15-20-12(10-25-15)13-6-5-11(24-13)9-19-14(17)23/h5-6,10H,4,7-9,18H2,1-3H3,(H2-,17,19,23)/p+1. The van der Waals surface area contributed by atoms with Crippen LogP contribution in [-0.4, -0.2) is 34.1 Å². The Morgan fingerprint density at radius 2 is 2.20 bits per heavy atom. The van der Waals surface area contributed by atoms with Crippen molar-refractivity contribution >= 4 is 29.2 Å². The number of hydrogen-bond donors (Lipinski definition) is 3. The summed E-state index contributed by atoms with van der Waals surface area (Å²) < 4.78 is 7.24. The molecule has 0 bridgehead atoms. The molecule has 0 spiro atoms. The second-order valence-corrected chi connectivity index (χ2v) is 7.71. The SMILES string of the molecule is C=[N+](c1nc(-c2ccc(CNC(N)=O)o2)cs1)N(N)CCC(C)(C)C. The highest BCUT2D eigenvalue weighted by Crippen LogP contribution is 2.28. The van der Waals surface area contributed by atoms with Gasteiger partial charge >= 0.3 is 11.2 Å². The number of hydrazone groups is 1. The summed E-state index contributed by atoms with van der Waals surface area (Å²) in [4.78, 5) is 15.2. The summed E-state index contributed by atoms with van der Waals surface area (Å²) in [5, 5.41) is 6.57. The normalized spacial score (nSPS) is 11.4.